The minimum absolute atomic E-state index is 0.0526. The van der Waals surface area contributed by atoms with E-state index in [1.807, 2.05) is 6.08 Å². The molecule has 1 nitrogen and oxygen atoms in total. The summed E-state index contributed by atoms with van der Waals surface area (Å²) in [7, 11) is 0. The molecule has 0 bridgehead atoms. The predicted molar refractivity (Wildman–Crippen MR) is 60.2 cm³/mol. The monoisotopic (exact) mass is 192 g/mol. The molecule has 78 valence electrons. The Bertz CT molecular complexity index is 262. The molecule has 0 spiro atoms. The summed E-state index contributed by atoms with van der Waals surface area (Å²) in [5.74, 6) is 0.345. The number of carbonyl (C=O) groups is 1. The Labute approximate surface area is 86.9 Å². The van der Waals surface area contributed by atoms with Gasteiger partial charge in [0.1, 0.15) is 0 Å². The van der Waals surface area contributed by atoms with Crippen molar-refractivity contribution in [1.29, 1.82) is 0 Å². The molecule has 0 N–H and O–H groups in total. The van der Waals surface area contributed by atoms with Crippen molar-refractivity contribution in [3.63, 3.8) is 0 Å². The van der Waals surface area contributed by atoms with E-state index in [2.05, 4.69) is 26.5 Å². The maximum Gasteiger partial charge on any atom is 0.158 e. The van der Waals surface area contributed by atoms with Crippen LogP contribution in [0.2, 0.25) is 0 Å². The molecule has 0 aromatic heterocycles. The number of Topliss-reactive ketones (excluding diaryl/α,β-unsaturated/α-hetero) is 1. The minimum Gasteiger partial charge on any atom is -0.295 e. The molecule has 0 radical (unpaired) electrons. The highest BCUT2D eigenvalue weighted by Crippen LogP contribution is 2.34. The zero-order valence-corrected chi connectivity index (χ0v) is 9.31. The average Bonchev–Trinajstić information content (AvgIpc) is 2.20. The van der Waals surface area contributed by atoms with Gasteiger partial charge in [0, 0.05) is 11.8 Å². The van der Waals surface area contributed by atoms with Crippen LogP contribution in [0.1, 0.15) is 46.0 Å². The van der Waals surface area contributed by atoms with Crippen LogP contribution in [0.5, 0.6) is 0 Å². The van der Waals surface area contributed by atoms with Crippen molar-refractivity contribution in [2.45, 2.75) is 46.0 Å². The molecule has 0 fully saturated rings. The van der Waals surface area contributed by atoms with Crippen molar-refractivity contribution >= 4 is 5.78 Å². The zero-order valence-electron chi connectivity index (χ0n) is 9.31. The van der Waals surface area contributed by atoms with Crippen LogP contribution in [-0.2, 0) is 4.79 Å². The lowest BCUT2D eigenvalue weighted by molar-refractivity contribution is -0.116. The van der Waals surface area contributed by atoms with E-state index in [9.17, 15) is 4.79 Å². The van der Waals surface area contributed by atoms with Crippen molar-refractivity contribution < 1.29 is 4.79 Å². The molecule has 1 heteroatoms. The van der Waals surface area contributed by atoms with Gasteiger partial charge in [0.15, 0.2) is 5.78 Å². The molecule has 0 amide bonds. The number of hydrogen-bond acceptors (Lipinski definition) is 1. The summed E-state index contributed by atoms with van der Waals surface area (Å²) in [5.41, 5.74) is 1.08. The van der Waals surface area contributed by atoms with Gasteiger partial charge < -0.3 is 0 Å². The second-order valence-electron chi connectivity index (χ2n) is 4.41. The van der Waals surface area contributed by atoms with Gasteiger partial charge in [-0.05, 0) is 24.8 Å². The van der Waals surface area contributed by atoms with Crippen LogP contribution in [0.15, 0.2) is 24.3 Å². The number of hydrogen-bond donors (Lipinski definition) is 0. The molecular formula is C13H20O. The van der Waals surface area contributed by atoms with Gasteiger partial charge in [-0.25, -0.2) is 0 Å². The van der Waals surface area contributed by atoms with Gasteiger partial charge in [0.2, 0.25) is 0 Å². The molecular weight excluding hydrogens is 172 g/mol. The molecule has 1 rings (SSSR count). The standard InChI is InChI=1S/C13H20O/c1-4-6-7-11-10-13(3,5-2)9-8-12(11)14/h5,10H,2,4,6-9H2,1,3H3. The summed E-state index contributed by atoms with van der Waals surface area (Å²) in [6.07, 6.45) is 8.91. The van der Waals surface area contributed by atoms with E-state index in [1.165, 1.54) is 0 Å². The summed E-state index contributed by atoms with van der Waals surface area (Å²) in [6, 6.07) is 0. The fraction of sp³-hybridized carbons (Fsp3) is 0.615. The van der Waals surface area contributed by atoms with Crippen LogP contribution < -0.4 is 0 Å². The highest BCUT2D eigenvalue weighted by molar-refractivity contribution is 5.96. The molecule has 0 saturated heterocycles. The van der Waals surface area contributed by atoms with Crippen molar-refractivity contribution in [3.05, 3.63) is 24.3 Å². The van der Waals surface area contributed by atoms with E-state index in [-0.39, 0.29) is 5.41 Å². The summed E-state index contributed by atoms with van der Waals surface area (Å²) < 4.78 is 0. The molecule has 0 aliphatic heterocycles. The summed E-state index contributed by atoms with van der Waals surface area (Å²) in [5, 5.41) is 0. The summed E-state index contributed by atoms with van der Waals surface area (Å²) >= 11 is 0. The first kappa shape index (κ1) is 11.2. The van der Waals surface area contributed by atoms with E-state index >= 15 is 0 Å². The van der Waals surface area contributed by atoms with Crippen molar-refractivity contribution in [2.24, 2.45) is 5.41 Å². The quantitative estimate of drug-likeness (QED) is 0.621. The predicted octanol–water partition coefficient (Wildman–Crippen LogP) is 3.66. The van der Waals surface area contributed by atoms with Gasteiger partial charge in [-0.3, -0.25) is 4.79 Å². The molecule has 1 aliphatic rings. The van der Waals surface area contributed by atoms with Crippen LogP contribution in [0.4, 0.5) is 0 Å². The van der Waals surface area contributed by atoms with Crippen LogP contribution >= 0.6 is 0 Å². The summed E-state index contributed by atoms with van der Waals surface area (Å²) in [4.78, 5) is 11.6. The number of carbonyl (C=O) groups excluding carboxylic acids is 1. The first-order chi connectivity index (χ1) is 6.61. The molecule has 0 aromatic carbocycles. The largest absolute Gasteiger partial charge is 0.295 e. The molecule has 1 unspecified atom stereocenters. The molecule has 0 heterocycles. The van der Waals surface area contributed by atoms with Crippen molar-refractivity contribution in [1.82, 2.24) is 0 Å². The Balaban J connectivity index is 2.77. The first-order valence-corrected chi connectivity index (χ1v) is 5.50. The molecule has 14 heavy (non-hydrogen) atoms. The molecule has 1 atom stereocenters. The zero-order chi connectivity index (χ0) is 10.6. The maximum atomic E-state index is 11.6. The third kappa shape index (κ3) is 2.57. The van der Waals surface area contributed by atoms with Crippen LogP contribution in [0.3, 0.4) is 0 Å². The van der Waals surface area contributed by atoms with Gasteiger partial charge >= 0.3 is 0 Å². The lowest BCUT2D eigenvalue weighted by atomic mass is 9.76. The fourth-order valence-electron chi connectivity index (χ4n) is 1.83. The lowest BCUT2D eigenvalue weighted by Gasteiger charge is -2.27. The number of unbranched alkanes of at least 4 members (excludes halogenated alkanes) is 1. The van der Waals surface area contributed by atoms with E-state index in [4.69, 9.17) is 0 Å². The highest BCUT2D eigenvalue weighted by atomic mass is 16.1. The second kappa shape index (κ2) is 4.59. The minimum atomic E-state index is 0.0526. The average molecular weight is 192 g/mol. The summed E-state index contributed by atoms with van der Waals surface area (Å²) in [6.45, 7) is 8.14. The second-order valence-corrected chi connectivity index (χ2v) is 4.41. The van der Waals surface area contributed by atoms with Crippen molar-refractivity contribution in [2.75, 3.05) is 0 Å². The molecule has 1 aliphatic carbocycles. The normalized spacial score (nSPS) is 27.3. The number of rotatable bonds is 4. The van der Waals surface area contributed by atoms with E-state index in [1.54, 1.807) is 0 Å². The third-order valence-electron chi connectivity index (χ3n) is 3.02. The van der Waals surface area contributed by atoms with Crippen molar-refractivity contribution in [3.8, 4) is 0 Å². The van der Waals surface area contributed by atoms with E-state index < -0.39 is 0 Å². The van der Waals surface area contributed by atoms with Crippen LogP contribution in [0.25, 0.3) is 0 Å². The number of allylic oxidation sites excluding steroid dienone is 3. The van der Waals surface area contributed by atoms with Gasteiger partial charge in [-0.15, -0.1) is 6.58 Å². The Hall–Kier alpha value is -0.850. The molecule has 0 saturated carbocycles. The van der Waals surface area contributed by atoms with Crippen LogP contribution in [0, 0.1) is 5.41 Å². The Morgan fingerprint density at radius 2 is 2.36 bits per heavy atom. The van der Waals surface area contributed by atoms with E-state index in [0.717, 1.165) is 31.3 Å². The van der Waals surface area contributed by atoms with Gasteiger partial charge in [0.25, 0.3) is 0 Å². The van der Waals surface area contributed by atoms with Gasteiger partial charge in [0.05, 0.1) is 0 Å². The smallest absolute Gasteiger partial charge is 0.158 e. The van der Waals surface area contributed by atoms with Gasteiger partial charge in [-0.2, -0.15) is 0 Å². The Morgan fingerprint density at radius 1 is 1.64 bits per heavy atom. The highest BCUT2D eigenvalue weighted by Gasteiger charge is 2.26. The van der Waals surface area contributed by atoms with Crippen LogP contribution in [-0.4, -0.2) is 5.78 Å². The van der Waals surface area contributed by atoms with E-state index in [0.29, 0.717) is 12.2 Å². The molecule has 0 aromatic rings. The number of ketones is 1. The Kier molecular flexibility index (Phi) is 3.68. The SMILES string of the molecule is C=CC1(C)C=C(CCCC)C(=O)CC1. The third-order valence-corrected chi connectivity index (χ3v) is 3.02. The maximum absolute atomic E-state index is 11.6. The topological polar surface area (TPSA) is 17.1 Å². The fourth-order valence-corrected chi connectivity index (χ4v) is 1.83. The van der Waals surface area contributed by atoms with Gasteiger partial charge in [-0.1, -0.05) is 32.4 Å². The first-order valence-electron chi connectivity index (χ1n) is 5.50. The Morgan fingerprint density at radius 3 is 2.93 bits per heavy atom. The lowest BCUT2D eigenvalue weighted by Crippen LogP contribution is -2.20.